The molecule has 10 atom stereocenters. The highest BCUT2D eigenvalue weighted by Crippen LogP contribution is 2.77. The second kappa shape index (κ2) is 7.58. The first-order valence-electron chi connectivity index (χ1n) is 14.0. The molecule has 0 spiro atoms. The van der Waals surface area contributed by atoms with E-state index in [2.05, 4.69) is 34.3 Å². The summed E-state index contributed by atoms with van der Waals surface area (Å²) in [6.07, 6.45) is 7.34. The van der Waals surface area contributed by atoms with Crippen LogP contribution in [0.15, 0.2) is 12.2 Å². The first-order chi connectivity index (χ1) is 16.2. The van der Waals surface area contributed by atoms with Gasteiger partial charge in [0.2, 0.25) is 0 Å². The molecule has 5 aliphatic carbocycles. The van der Waals surface area contributed by atoms with Crippen LogP contribution in [0.1, 0.15) is 98.8 Å². The van der Waals surface area contributed by atoms with Crippen LogP contribution >= 0.6 is 0 Å². The second-order valence-electron chi connectivity index (χ2n) is 14.4. The van der Waals surface area contributed by atoms with Gasteiger partial charge in [0.05, 0.1) is 16.9 Å². The average molecular weight is 487 g/mol. The SMILES string of the molecule is C=C(C)[C@@H]1CC[C@]2(C(=O)O)CC[C@]3(C(=O)O)[C@H](CC[C@@H]4[C@@]5(C)CC[C@H](O)C(C)(C)[C@H]5CC[C@]43C)[C@@H]12. The molecule has 196 valence electrons. The molecular weight excluding hydrogens is 440 g/mol. The number of hydrogen-bond acceptors (Lipinski definition) is 3. The minimum Gasteiger partial charge on any atom is -0.481 e. The van der Waals surface area contributed by atoms with Crippen molar-refractivity contribution < 1.29 is 24.9 Å². The number of rotatable bonds is 3. The Morgan fingerprint density at radius 2 is 1.49 bits per heavy atom. The van der Waals surface area contributed by atoms with E-state index in [-0.39, 0.29) is 46.0 Å². The highest BCUT2D eigenvalue weighted by atomic mass is 16.4. The fraction of sp³-hybridized carbons (Fsp3) is 0.867. The Bertz CT molecular complexity index is 954. The van der Waals surface area contributed by atoms with Gasteiger partial charge in [-0.25, -0.2) is 0 Å². The van der Waals surface area contributed by atoms with E-state index in [0.29, 0.717) is 25.2 Å². The Balaban J connectivity index is 1.64. The number of aliphatic hydroxyl groups excluding tert-OH is 1. The Hall–Kier alpha value is -1.36. The third-order valence-corrected chi connectivity index (χ3v) is 13.3. The van der Waals surface area contributed by atoms with Gasteiger partial charge >= 0.3 is 11.9 Å². The van der Waals surface area contributed by atoms with E-state index < -0.39 is 22.8 Å². The summed E-state index contributed by atoms with van der Waals surface area (Å²) in [5.74, 6) is -0.959. The monoisotopic (exact) mass is 486 g/mol. The minimum absolute atomic E-state index is 0.00604. The molecule has 5 rings (SSSR count). The predicted molar refractivity (Wildman–Crippen MR) is 135 cm³/mol. The summed E-state index contributed by atoms with van der Waals surface area (Å²) in [4.78, 5) is 26.3. The van der Waals surface area contributed by atoms with Gasteiger partial charge in [-0.1, -0.05) is 39.8 Å². The fourth-order valence-corrected chi connectivity index (χ4v) is 11.6. The lowest BCUT2D eigenvalue weighted by Crippen LogP contribution is -2.69. The quantitative estimate of drug-likeness (QED) is 0.416. The van der Waals surface area contributed by atoms with Crippen molar-refractivity contribution >= 4 is 11.9 Å². The van der Waals surface area contributed by atoms with Crippen molar-refractivity contribution in [3.05, 3.63) is 12.2 Å². The lowest BCUT2D eigenvalue weighted by Gasteiger charge is -2.71. The second-order valence-corrected chi connectivity index (χ2v) is 14.4. The summed E-state index contributed by atoms with van der Waals surface area (Å²) < 4.78 is 0. The van der Waals surface area contributed by atoms with E-state index in [0.717, 1.165) is 50.5 Å². The molecule has 5 heteroatoms. The zero-order valence-corrected chi connectivity index (χ0v) is 22.4. The standard InChI is InChI=1S/C30H46O5/c1-17(2)18-9-14-29(24(32)33)15-16-30(25(34)35)19(23(18)29)7-8-21-27(5)12-11-22(31)26(3,4)20(27)10-13-28(21,30)6/h18-23,31H,1,7-16H2,2-6H3,(H,32,33)(H,34,35)/t18-,19+,20+,21+,22-,23+,27-,28+,29-,30+/m0/s1. The largest absolute Gasteiger partial charge is 0.481 e. The molecule has 0 heterocycles. The summed E-state index contributed by atoms with van der Waals surface area (Å²) in [7, 11) is 0. The number of fused-ring (bicyclic) bond motifs is 7. The molecule has 0 unspecified atom stereocenters. The molecule has 35 heavy (non-hydrogen) atoms. The Kier molecular flexibility index (Phi) is 5.48. The van der Waals surface area contributed by atoms with Crippen LogP contribution in [-0.4, -0.2) is 33.4 Å². The maximum atomic E-state index is 13.5. The van der Waals surface area contributed by atoms with Crippen molar-refractivity contribution in [2.24, 2.45) is 56.7 Å². The molecule has 0 aromatic heterocycles. The van der Waals surface area contributed by atoms with Crippen molar-refractivity contribution in [1.82, 2.24) is 0 Å². The molecule has 0 aromatic carbocycles. The lowest BCUT2D eigenvalue weighted by atomic mass is 9.32. The van der Waals surface area contributed by atoms with Crippen molar-refractivity contribution in [2.45, 2.75) is 105 Å². The first-order valence-corrected chi connectivity index (χ1v) is 14.0. The van der Waals surface area contributed by atoms with Crippen LogP contribution in [-0.2, 0) is 9.59 Å². The van der Waals surface area contributed by atoms with Crippen molar-refractivity contribution in [3.8, 4) is 0 Å². The number of carboxylic acids is 2. The highest BCUT2D eigenvalue weighted by molar-refractivity contribution is 5.80. The van der Waals surface area contributed by atoms with Crippen LogP contribution in [0.5, 0.6) is 0 Å². The molecule has 5 aliphatic rings. The Morgan fingerprint density at radius 3 is 2.09 bits per heavy atom. The number of hydrogen-bond donors (Lipinski definition) is 3. The molecule has 0 aromatic rings. The summed E-state index contributed by atoms with van der Waals surface area (Å²) in [5, 5.41) is 32.5. The molecule has 0 amide bonds. The molecule has 5 nitrogen and oxygen atoms in total. The van der Waals surface area contributed by atoms with E-state index >= 15 is 0 Å². The summed E-state index contributed by atoms with van der Waals surface area (Å²) in [6.45, 7) is 15.3. The van der Waals surface area contributed by atoms with Gasteiger partial charge in [0.15, 0.2) is 0 Å². The third-order valence-electron chi connectivity index (χ3n) is 13.3. The van der Waals surface area contributed by atoms with E-state index in [1.54, 1.807) is 0 Å². The normalized spacial score (nSPS) is 52.4. The number of carboxylic acid groups (broad SMARTS) is 2. The molecule has 0 saturated heterocycles. The van der Waals surface area contributed by atoms with Gasteiger partial charge in [0.25, 0.3) is 0 Å². The number of aliphatic carboxylic acids is 2. The molecule has 0 radical (unpaired) electrons. The molecule has 5 saturated carbocycles. The number of aliphatic hydroxyl groups is 1. The number of carbonyl (C=O) groups is 2. The van der Waals surface area contributed by atoms with Gasteiger partial charge in [-0.05, 0) is 117 Å². The van der Waals surface area contributed by atoms with Gasteiger partial charge in [-0.2, -0.15) is 0 Å². The van der Waals surface area contributed by atoms with Crippen molar-refractivity contribution in [3.63, 3.8) is 0 Å². The van der Waals surface area contributed by atoms with E-state index in [4.69, 9.17) is 0 Å². The smallest absolute Gasteiger partial charge is 0.310 e. The van der Waals surface area contributed by atoms with Gasteiger partial charge in [-0.15, -0.1) is 0 Å². The van der Waals surface area contributed by atoms with Crippen LogP contribution < -0.4 is 0 Å². The van der Waals surface area contributed by atoms with Crippen molar-refractivity contribution in [2.75, 3.05) is 0 Å². The Labute approximate surface area is 210 Å². The number of allylic oxidation sites excluding steroid dienone is 1. The highest BCUT2D eigenvalue weighted by Gasteiger charge is 2.75. The minimum atomic E-state index is -0.897. The maximum Gasteiger partial charge on any atom is 0.310 e. The zero-order valence-electron chi connectivity index (χ0n) is 22.4. The van der Waals surface area contributed by atoms with Crippen LogP contribution in [0.4, 0.5) is 0 Å². The van der Waals surface area contributed by atoms with E-state index in [1.165, 1.54) is 0 Å². The molecule has 5 fully saturated rings. The van der Waals surface area contributed by atoms with Crippen LogP contribution in [0.25, 0.3) is 0 Å². The summed E-state index contributed by atoms with van der Waals surface area (Å²) >= 11 is 0. The van der Waals surface area contributed by atoms with Gasteiger partial charge in [0, 0.05) is 0 Å². The van der Waals surface area contributed by atoms with E-state index in [9.17, 15) is 24.9 Å². The van der Waals surface area contributed by atoms with Gasteiger partial charge in [-0.3, -0.25) is 9.59 Å². The fourth-order valence-electron chi connectivity index (χ4n) is 11.6. The predicted octanol–water partition coefficient (Wildman–Crippen LogP) is 6.15. The topological polar surface area (TPSA) is 94.8 Å². The van der Waals surface area contributed by atoms with E-state index in [1.807, 2.05) is 6.92 Å². The van der Waals surface area contributed by atoms with Gasteiger partial charge in [0.1, 0.15) is 0 Å². The van der Waals surface area contributed by atoms with Crippen LogP contribution in [0.3, 0.4) is 0 Å². The Morgan fingerprint density at radius 1 is 0.800 bits per heavy atom. The molecule has 0 bridgehead atoms. The van der Waals surface area contributed by atoms with Crippen molar-refractivity contribution in [1.29, 1.82) is 0 Å². The average Bonchev–Trinajstić information content (AvgIpc) is 3.18. The maximum absolute atomic E-state index is 13.5. The van der Waals surface area contributed by atoms with Crippen LogP contribution in [0.2, 0.25) is 0 Å². The molecular formula is C30H46O5. The zero-order chi connectivity index (χ0) is 25.8. The third kappa shape index (κ3) is 2.85. The molecule has 0 aliphatic heterocycles. The summed E-state index contributed by atoms with van der Waals surface area (Å²) in [6, 6.07) is 0. The summed E-state index contributed by atoms with van der Waals surface area (Å²) in [5.41, 5.74) is -1.25. The first kappa shape index (κ1) is 25.3. The van der Waals surface area contributed by atoms with Crippen LogP contribution in [0, 0.1) is 56.7 Å². The molecule has 3 N–H and O–H groups in total. The van der Waals surface area contributed by atoms with Gasteiger partial charge < -0.3 is 15.3 Å². The lowest BCUT2D eigenvalue weighted by molar-refractivity contribution is -0.254.